The highest BCUT2D eigenvalue weighted by Crippen LogP contribution is 2.30. The van der Waals surface area contributed by atoms with E-state index < -0.39 is 11.6 Å². The van der Waals surface area contributed by atoms with Crippen LogP contribution >= 0.6 is 0 Å². The quantitative estimate of drug-likeness (QED) is 0.554. The van der Waals surface area contributed by atoms with Gasteiger partial charge in [0.1, 0.15) is 17.4 Å². The second-order valence-electron chi connectivity index (χ2n) is 6.04. The minimum Gasteiger partial charge on any atom is -0.497 e. The monoisotopic (exact) mass is 367 g/mol. The topological polar surface area (TPSA) is 49.1 Å². The lowest BCUT2D eigenvalue weighted by Gasteiger charge is -2.21. The van der Waals surface area contributed by atoms with Crippen molar-refractivity contribution in [2.45, 2.75) is 6.92 Å². The zero-order valence-electron chi connectivity index (χ0n) is 14.6. The minimum atomic E-state index is -0.683. The number of methoxy groups -OCH3 is 1. The van der Waals surface area contributed by atoms with Crippen LogP contribution in [0.2, 0.25) is 0 Å². The predicted octanol–water partition coefficient (Wildman–Crippen LogP) is 3.72. The van der Waals surface area contributed by atoms with Crippen molar-refractivity contribution >= 4 is 0 Å². The first kappa shape index (κ1) is 17.0. The molecule has 0 fully saturated rings. The first-order chi connectivity index (χ1) is 13.0. The van der Waals surface area contributed by atoms with Crippen LogP contribution < -0.4 is 10.3 Å². The van der Waals surface area contributed by atoms with Gasteiger partial charge >= 0.3 is 0 Å². The van der Waals surface area contributed by atoms with Crippen LogP contribution in [0.25, 0.3) is 22.6 Å². The lowest BCUT2D eigenvalue weighted by atomic mass is 10.0. The van der Waals surface area contributed by atoms with E-state index in [2.05, 4.69) is 4.98 Å². The third kappa shape index (κ3) is 2.77. The maximum atomic E-state index is 14.4. The van der Waals surface area contributed by atoms with E-state index in [1.165, 1.54) is 23.0 Å². The summed E-state index contributed by atoms with van der Waals surface area (Å²) in [5.41, 5.74) is 1.72. The van der Waals surface area contributed by atoms with E-state index in [-0.39, 0.29) is 11.1 Å². The van der Waals surface area contributed by atoms with E-state index >= 15 is 0 Å². The highest BCUT2D eigenvalue weighted by Gasteiger charge is 2.20. The van der Waals surface area contributed by atoms with Crippen LogP contribution in [0.3, 0.4) is 0 Å². The molecule has 0 N–H and O–H groups in total. The molecule has 2 aliphatic heterocycles. The Balaban J connectivity index is 2.04. The Hall–Kier alpha value is -3.48. The van der Waals surface area contributed by atoms with E-state index in [1.807, 2.05) is 0 Å². The Morgan fingerprint density at radius 1 is 0.963 bits per heavy atom. The third-order valence-corrected chi connectivity index (χ3v) is 4.45. The van der Waals surface area contributed by atoms with Crippen molar-refractivity contribution in [1.29, 1.82) is 0 Å². The average molecular weight is 367 g/mol. The molecule has 0 saturated heterocycles. The van der Waals surface area contributed by atoms with Gasteiger partial charge in [-0.15, -0.1) is 0 Å². The number of imidazole rings is 1. The average Bonchev–Trinajstić information content (AvgIpc) is 3.02. The molecular weight excluding hydrogens is 352 g/mol. The van der Waals surface area contributed by atoms with Gasteiger partial charge in [-0.3, -0.25) is 4.79 Å². The van der Waals surface area contributed by atoms with E-state index in [4.69, 9.17) is 4.74 Å². The second kappa shape index (κ2) is 6.35. The number of fused-ring (bicyclic) bond motifs is 1. The Kier molecular flexibility index (Phi) is 3.99. The van der Waals surface area contributed by atoms with Crippen molar-refractivity contribution in [3.05, 3.63) is 82.4 Å². The second-order valence-corrected chi connectivity index (χ2v) is 6.04. The molecule has 2 heterocycles. The Labute approximate surface area is 153 Å². The number of hydrogen-bond donors (Lipinski definition) is 0. The third-order valence-electron chi connectivity index (χ3n) is 4.45. The number of rotatable bonds is 3. The summed E-state index contributed by atoms with van der Waals surface area (Å²) in [4.78, 5) is 16.5. The van der Waals surface area contributed by atoms with Crippen molar-refractivity contribution in [3.8, 4) is 28.4 Å². The van der Waals surface area contributed by atoms with Gasteiger partial charge in [-0.1, -0.05) is 0 Å². The molecule has 136 valence electrons. The predicted molar refractivity (Wildman–Crippen MR) is 97.0 cm³/mol. The van der Waals surface area contributed by atoms with Gasteiger partial charge in [-0.25, -0.2) is 18.4 Å². The van der Waals surface area contributed by atoms with E-state index in [9.17, 15) is 13.6 Å². The Bertz CT molecular complexity index is 1160. The fourth-order valence-corrected chi connectivity index (χ4v) is 3.15. The van der Waals surface area contributed by atoms with Crippen LogP contribution in [-0.2, 0) is 0 Å². The summed E-state index contributed by atoms with van der Waals surface area (Å²) in [7, 11) is 1.56. The SMILES string of the molecule is COc1ccc(-n2c(C)c(-c3ccc(F)cc3F)cc3ncc(=O)n2-3)cc1. The van der Waals surface area contributed by atoms with Crippen LogP contribution in [-0.4, -0.2) is 21.5 Å². The van der Waals surface area contributed by atoms with E-state index in [0.717, 1.165) is 6.07 Å². The molecule has 0 radical (unpaired) electrons. The molecular formula is C20H15F2N3O2. The largest absolute Gasteiger partial charge is 0.497 e. The van der Waals surface area contributed by atoms with Crippen molar-refractivity contribution in [2.24, 2.45) is 0 Å². The molecule has 0 spiro atoms. The summed E-state index contributed by atoms with van der Waals surface area (Å²) in [6.45, 7) is 1.77. The van der Waals surface area contributed by atoms with Gasteiger partial charge in [-0.2, -0.15) is 4.68 Å². The maximum absolute atomic E-state index is 14.4. The Morgan fingerprint density at radius 3 is 2.37 bits per heavy atom. The molecule has 4 rings (SSSR count). The summed E-state index contributed by atoms with van der Waals surface area (Å²) in [5.74, 6) is -0.305. The van der Waals surface area contributed by atoms with Gasteiger partial charge in [0.25, 0.3) is 5.56 Å². The van der Waals surface area contributed by atoms with Crippen molar-refractivity contribution in [1.82, 2.24) is 14.3 Å². The number of halogens is 2. The van der Waals surface area contributed by atoms with Gasteiger partial charge in [-0.05, 0) is 49.4 Å². The highest BCUT2D eigenvalue weighted by molar-refractivity contribution is 5.69. The van der Waals surface area contributed by atoms with Gasteiger partial charge in [0.05, 0.1) is 19.0 Å². The van der Waals surface area contributed by atoms with Crippen LogP contribution in [0.15, 0.2) is 59.5 Å². The molecule has 0 atom stereocenters. The lowest BCUT2D eigenvalue weighted by molar-refractivity contribution is 0.414. The Morgan fingerprint density at radius 2 is 1.70 bits per heavy atom. The molecule has 27 heavy (non-hydrogen) atoms. The smallest absolute Gasteiger partial charge is 0.290 e. The molecule has 0 bridgehead atoms. The molecule has 2 aliphatic rings. The molecule has 0 aliphatic carbocycles. The molecule has 0 aromatic heterocycles. The zero-order chi connectivity index (χ0) is 19.1. The summed E-state index contributed by atoms with van der Waals surface area (Å²) >= 11 is 0. The van der Waals surface area contributed by atoms with Gasteiger partial charge in [0, 0.05) is 22.9 Å². The van der Waals surface area contributed by atoms with Crippen LogP contribution in [0.1, 0.15) is 5.69 Å². The van der Waals surface area contributed by atoms with Crippen LogP contribution in [0, 0.1) is 18.6 Å². The van der Waals surface area contributed by atoms with Gasteiger partial charge < -0.3 is 4.74 Å². The fraction of sp³-hybridized carbons (Fsp3) is 0.100. The molecule has 2 aromatic carbocycles. The number of aromatic nitrogens is 3. The van der Waals surface area contributed by atoms with Crippen molar-refractivity contribution < 1.29 is 13.5 Å². The summed E-state index contributed by atoms with van der Waals surface area (Å²) in [6.07, 6.45) is 1.21. The molecule has 2 aromatic rings. The summed E-state index contributed by atoms with van der Waals surface area (Å²) < 4.78 is 36.0. The summed E-state index contributed by atoms with van der Waals surface area (Å²) in [5, 5.41) is 0. The standard InChI is InChI=1S/C20H15F2N3O2/c1-12-17(16-8-3-13(21)9-18(16)22)10-19-23-11-20(26)25(19)24(12)14-4-6-15(27-2)7-5-14/h3-11H,1-2H3. The molecule has 5 nitrogen and oxygen atoms in total. The molecule has 0 saturated carbocycles. The number of benzene rings is 2. The zero-order valence-corrected chi connectivity index (χ0v) is 14.6. The van der Waals surface area contributed by atoms with Crippen molar-refractivity contribution in [3.63, 3.8) is 0 Å². The van der Waals surface area contributed by atoms with Crippen LogP contribution in [0.5, 0.6) is 5.75 Å². The highest BCUT2D eigenvalue weighted by atomic mass is 19.1. The molecule has 0 amide bonds. The van der Waals surface area contributed by atoms with Gasteiger partial charge in [0.15, 0.2) is 5.82 Å². The normalized spacial score (nSPS) is 11.1. The summed E-state index contributed by atoms with van der Waals surface area (Å²) in [6, 6.07) is 12.1. The first-order valence-corrected chi connectivity index (χ1v) is 8.20. The van der Waals surface area contributed by atoms with Gasteiger partial charge in [0.2, 0.25) is 0 Å². The maximum Gasteiger partial charge on any atom is 0.290 e. The lowest BCUT2D eigenvalue weighted by Crippen LogP contribution is -2.25. The van der Waals surface area contributed by atoms with E-state index in [0.29, 0.717) is 28.5 Å². The van der Waals surface area contributed by atoms with E-state index in [1.54, 1.807) is 49.0 Å². The number of hydrogen-bond acceptors (Lipinski definition) is 3. The molecule has 7 heteroatoms. The minimum absolute atomic E-state index is 0.231. The number of ether oxygens (including phenoxy) is 1. The van der Waals surface area contributed by atoms with Crippen molar-refractivity contribution in [2.75, 3.05) is 7.11 Å². The first-order valence-electron chi connectivity index (χ1n) is 8.20. The van der Waals surface area contributed by atoms with Crippen LogP contribution in [0.4, 0.5) is 8.78 Å². The molecule has 0 unspecified atom stereocenters. The fourth-order valence-electron chi connectivity index (χ4n) is 3.15. The number of nitrogens with zero attached hydrogens (tertiary/aromatic N) is 3.